The summed E-state index contributed by atoms with van der Waals surface area (Å²) in [6, 6.07) is 3.33. The minimum atomic E-state index is -3.60. The van der Waals surface area contributed by atoms with Crippen LogP contribution in [0.25, 0.3) is 10.9 Å². The van der Waals surface area contributed by atoms with Gasteiger partial charge in [-0.25, -0.2) is 12.4 Å². The van der Waals surface area contributed by atoms with E-state index >= 15 is 0 Å². The molecule has 0 saturated carbocycles. The van der Waals surface area contributed by atoms with E-state index in [1.165, 1.54) is 16.4 Å². The van der Waals surface area contributed by atoms with Crippen molar-refractivity contribution in [3.63, 3.8) is 0 Å². The molecule has 0 amide bonds. The van der Waals surface area contributed by atoms with Crippen molar-refractivity contribution in [2.45, 2.75) is 24.7 Å². The average Bonchev–Trinajstić information content (AvgIpc) is 2.92. The van der Waals surface area contributed by atoms with Crippen molar-refractivity contribution >= 4 is 20.9 Å². The van der Waals surface area contributed by atoms with Gasteiger partial charge in [0.15, 0.2) is 0 Å². The maximum absolute atomic E-state index is 13.0. The summed E-state index contributed by atoms with van der Waals surface area (Å²) in [6.07, 6.45) is 10.6. The van der Waals surface area contributed by atoms with Crippen LogP contribution >= 0.6 is 0 Å². The highest BCUT2D eigenvalue weighted by Crippen LogP contribution is 2.31. The van der Waals surface area contributed by atoms with E-state index in [2.05, 4.69) is 4.98 Å². The van der Waals surface area contributed by atoms with Crippen molar-refractivity contribution in [2.75, 3.05) is 0 Å². The Balaban J connectivity index is 2.21. The van der Waals surface area contributed by atoms with Crippen molar-refractivity contribution < 1.29 is 13.5 Å². The number of fused-ring (bicyclic) bond motifs is 1. The lowest BCUT2D eigenvalue weighted by Crippen LogP contribution is -2.37. The zero-order chi connectivity index (χ0) is 15.1. The second-order valence-electron chi connectivity index (χ2n) is 5.27. The van der Waals surface area contributed by atoms with Crippen molar-refractivity contribution in [3.8, 4) is 0 Å². The molecule has 21 heavy (non-hydrogen) atoms. The van der Waals surface area contributed by atoms with Gasteiger partial charge in [0.25, 0.3) is 0 Å². The minimum Gasteiger partial charge on any atom is -0.390 e. The molecule has 3 rings (SSSR count). The largest absolute Gasteiger partial charge is 0.390 e. The van der Waals surface area contributed by atoms with Gasteiger partial charge < -0.3 is 5.11 Å². The summed E-state index contributed by atoms with van der Waals surface area (Å²) >= 11 is 0. The van der Waals surface area contributed by atoms with Gasteiger partial charge in [-0.2, -0.15) is 0 Å². The van der Waals surface area contributed by atoms with E-state index in [9.17, 15) is 13.5 Å². The van der Waals surface area contributed by atoms with E-state index in [1.54, 1.807) is 31.2 Å². The molecular weight excluding hydrogens is 288 g/mol. The topological polar surface area (TPSA) is 72.2 Å². The first-order chi connectivity index (χ1) is 9.99. The van der Waals surface area contributed by atoms with Crippen LogP contribution in [0.4, 0.5) is 0 Å². The summed E-state index contributed by atoms with van der Waals surface area (Å²) in [5, 5.41) is 9.96. The van der Waals surface area contributed by atoms with Gasteiger partial charge in [-0.1, -0.05) is 24.3 Å². The van der Waals surface area contributed by atoms with Crippen LogP contribution in [-0.4, -0.2) is 27.2 Å². The fourth-order valence-electron chi connectivity index (χ4n) is 2.56. The Bertz CT molecular complexity index is 849. The molecule has 2 heterocycles. The Labute approximate surface area is 123 Å². The molecule has 1 unspecified atom stereocenters. The number of hydrogen-bond donors (Lipinski definition) is 1. The van der Waals surface area contributed by atoms with Crippen LogP contribution < -0.4 is 0 Å². The Hall–Kier alpha value is -1.92. The molecule has 6 heteroatoms. The molecule has 0 aromatic carbocycles. The van der Waals surface area contributed by atoms with Crippen LogP contribution in [0.15, 0.2) is 48.8 Å². The van der Waals surface area contributed by atoms with Crippen LogP contribution in [-0.2, 0) is 16.6 Å². The third-order valence-electron chi connectivity index (χ3n) is 3.88. The number of nitrogens with zero attached hydrogens (tertiary/aromatic N) is 2. The van der Waals surface area contributed by atoms with Crippen molar-refractivity contribution in [3.05, 3.63) is 54.5 Å². The molecule has 0 aliphatic heterocycles. The zero-order valence-electron chi connectivity index (χ0n) is 11.6. The van der Waals surface area contributed by atoms with Gasteiger partial charge >= 0.3 is 0 Å². The fraction of sp³-hybridized carbons (Fsp3) is 0.267. The summed E-state index contributed by atoms with van der Waals surface area (Å²) < 4.78 is 26.3. The van der Waals surface area contributed by atoms with Crippen molar-refractivity contribution in [1.29, 1.82) is 0 Å². The van der Waals surface area contributed by atoms with E-state index in [1.807, 2.05) is 12.2 Å². The summed E-state index contributed by atoms with van der Waals surface area (Å²) in [5.41, 5.74) is 1.02. The molecule has 1 atom stereocenters. The number of aromatic nitrogens is 2. The summed E-state index contributed by atoms with van der Waals surface area (Å²) in [4.78, 5) is 4.07. The van der Waals surface area contributed by atoms with Crippen molar-refractivity contribution in [2.24, 2.45) is 0 Å². The molecule has 0 saturated heterocycles. The molecule has 1 N–H and O–H groups in total. The van der Waals surface area contributed by atoms with Gasteiger partial charge in [0.05, 0.1) is 17.8 Å². The van der Waals surface area contributed by atoms with Gasteiger partial charge in [-0.15, -0.1) is 0 Å². The van der Waals surface area contributed by atoms with Gasteiger partial charge in [0.1, 0.15) is 4.75 Å². The van der Waals surface area contributed by atoms with Crippen LogP contribution in [0.2, 0.25) is 0 Å². The van der Waals surface area contributed by atoms with Crippen LogP contribution in [0, 0.1) is 0 Å². The van der Waals surface area contributed by atoms with E-state index in [0.717, 1.165) is 0 Å². The highest BCUT2D eigenvalue weighted by molar-refractivity contribution is 7.91. The Morgan fingerprint density at radius 1 is 1.38 bits per heavy atom. The quantitative estimate of drug-likeness (QED) is 0.941. The second-order valence-corrected chi connectivity index (χ2v) is 7.55. The number of allylic oxidation sites excluding steroid dienone is 3. The Morgan fingerprint density at radius 2 is 2.19 bits per heavy atom. The normalized spacial score (nSPS) is 22.0. The first-order valence-electron chi connectivity index (χ1n) is 6.65. The third kappa shape index (κ3) is 2.02. The number of hydrogen-bond acceptors (Lipinski definition) is 4. The number of aliphatic hydroxyl groups excluding tert-OH is 1. The van der Waals surface area contributed by atoms with E-state index in [0.29, 0.717) is 23.0 Å². The molecule has 110 valence electrons. The van der Waals surface area contributed by atoms with Gasteiger partial charge in [-0.05, 0) is 25.5 Å². The highest BCUT2D eigenvalue weighted by atomic mass is 32.2. The molecule has 2 aromatic rings. The smallest absolute Gasteiger partial charge is 0.248 e. The number of pyridine rings is 1. The fourth-order valence-corrected chi connectivity index (χ4v) is 4.21. The van der Waals surface area contributed by atoms with Crippen LogP contribution in [0.5, 0.6) is 0 Å². The third-order valence-corrected chi connectivity index (χ3v) is 6.20. The maximum Gasteiger partial charge on any atom is 0.248 e. The SMILES string of the molecule is CC1(S(=O)(=O)n2ccc3c(CO)nccc32)C=CC=CC1. The van der Waals surface area contributed by atoms with Gasteiger partial charge in [-0.3, -0.25) is 4.98 Å². The maximum atomic E-state index is 13.0. The Kier molecular flexibility index (Phi) is 3.22. The molecule has 1 aliphatic carbocycles. The van der Waals surface area contributed by atoms with Crippen molar-refractivity contribution in [1.82, 2.24) is 8.96 Å². The molecule has 0 spiro atoms. The molecule has 0 radical (unpaired) electrons. The molecule has 1 aliphatic rings. The first-order valence-corrected chi connectivity index (χ1v) is 8.09. The first kappa shape index (κ1) is 14.0. The standard InChI is InChI=1S/C15H16N2O3S/c1-15(7-3-2-4-8-15)21(19,20)17-10-6-12-13(11-18)16-9-5-14(12)17/h2-7,9-10,18H,8,11H2,1H3. The van der Waals surface area contributed by atoms with Crippen LogP contribution in [0.1, 0.15) is 19.0 Å². The highest BCUT2D eigenvalue weighted by Gasteiger charge is 2.38. The van der Waals surface area contributed by atoms with E-state index in [4.69, 9.17) is 0 Å². The minimum absolute atomic E-state index is 0.221. The van der Waals surface area contributed by atoms with Gasteiger partial charge in [0, 0.05) is 17.8 Å². The number of rotatable bonds is 3. The molecule has 2 aromatic heterocycles. The zero-order valence-corrected chi connectivity index (χ0v) is 12.4. The average molecular weight is 304 g/mol. The van der Waals surface area contributed by atoms with Crippen LogP contribution in [0.3, 0.4) is 0 Å². The summed E-state index contributed by atoms with van der Waals surface area (Å²) in [6.45, 7) is 1.49. The predicted molar refractivity (Wildman–Crippen MR) is 81.3 cm³/mol. The monoisotopic (exact) mass is 304 g/mol. The predicted octanol–water partition coefficient (Wildman–Crippen LogP) is 1.98. The molecule has 0 bridgehead atoms. The summed E-state index contributed by atoms with van der Waals surface area (Å²) in [7, 11) is -3.60. The molecule has 5 nitrogen and oxygen atoms in total. The molecule has 0 fully saturated rings. The second kappa shape index (κ2) is 4.82. The molecular formula is C15H16N2O3S. The lowest BCUT2D eigenvalue weighted by atomic mass is 10.0. The van der Waals surface area contributed by atoms with E-state index in [-0.39, 0.29) is 6.61 Å². The van der Waals surface area contributed by atoms with E-state index < -0.39 is 14.8 Å². The number of aliphatic hydroxyl groups is 1. The lowest BCUT2D eigenvalue weighted by molar-refractivity contribution is 0.278. The summed E-state index contributed by atoms with van der Waals surface area (Å²) in [5.74, 6) is 0. The van der Waals surface area contributed by atoms with Gasteiger partial charge in [0.2, 0.25) is 10.0 Å². The lowest BCUT2D eigenvalue weighted by Gasteiger charge is -2.27. The Morgan fingerprint density at radius 3 is 2.86 bits per heavy atom.